The molecule has 0 aliphatic carbocycles. The van der Waals surface area contributed by atoms with E-state index >= 15 is 0 Å². The molecule has 1 saturated heterocycles. The minimum absolute atomic E-state index is 0.378. The van der Waals surface area contributed by atoms with Crippen molar-refractivity contribution >= 4 is 17.0 Å². The van der Waals surface area contributed by atoms with E-state index in [2.05, 4.69) is 20.3 Å². The maximum atomic E-state index is 5.38. The van der Waals surface area contributed by atoms with Crippen LogP contribution in [-0.2, 0) is 4.74 Å². The zero-order chi connectivity index (χ0) is 14.8. The zero-order valence-electron chi connectivity index (χ0n) is 12.1. The van der Waals surface area contributed by atoms with Gasteiger partial charge in [-0.05, 0) is 31.0 Å². The van der Waals surface area contributed by atoms with Gasteiger partial charge in [0, 0.05) is 25.5 Å². The van der Waals surface area contributed by atoms with Crippen LogP contribution in [0.4, 0.5) is 5.95 Å². The van der Waals surface area contributed by atoms with Crippen molar-refractivity contribution in [2.45, 2.75) is 18.9 Å². The van der Waals surface area contributed by atoms with Gasteiger partial charge in [-0.1, -0.05) is 12.1 Å². The molecule has 6 heteroatoms. The highest BCUT2D eigenvalue weighted by atomic mass is 16.5. The number of para-hydroxylation sites is 2. The van der Waals surface area contributed by atoms with E-state index in [4.69, 9.17) is 4.74 Å². The molecule has 2 aromatic heterocycles. The summed E-state index contributed by atoms with van der Waals surface area (Å²) in [6.07, 6.45) is 5.55. The minimum atomic E-state index is 0.378. The summed E-state index contributed by atoms with van der Waals surface area (Å²) in [5.74, 6) is 1.47. The lowest BCUT2D eigenvalue weighted by Gasteiger charge is -2.23. The SMILES string of the molecule is c1ccc2c(c1)ncn2-c1ccnc(NC2CCOCC2)n1. The number of imidazole rings is 1. The van der Waals surface area contributed by atoms with Gasteiger partial charge in [0.2, 0.25) is 5.95 Å². The third kappa shape index (κ3) is 2.53. The lowest BCUT2D eigenvalue weighted by Crippen LogP contribution is -2.28. The third-order valence-corrected chi connectivity index (χ3v) is 3.90. The van der Waals surface area contributed by atoms with Crippen LogP contribution in [0.3, 0.4) is 0 Å². The van der Waals surface area contributed by atoms with E-state index in [1.54, 1.807) is 12.5 Å². The predicted octanol–water partition coefficient (Wildman–Crippen LogP) is 2.41. The first kappa shape index (κ1) is 13.2. The Bertz CT molecular complexity index is 779. The van der Waals surface area contributed by atoms with Gasteiger partial charge in [0.25, 0.3) is 0 Å². The van der Waals surface area contributed by atoms with Gasteiger partial charge in [-0.2, -0.15) is 4.98 Å². The molecule has 0 amide bonds. The molecule has 4 rings (SSSR count). The van der Waals surface area contributed by atoms with Crippen molar-refractivity contribution < 1.29 is 4.74 Å². The molecule has 1 N–H and O–H groups in total. The molecule has 6 nitrogen and oxygen atoms in total. The topological polar surface area (TPSA) is 64.9 Å². The molecule has 0 radical (unpaired) electrons. The lowest BCUT2D eigenvalue weighted by atomic mass is 10.1. The molecule has 3 aromatic rings. The summed E-state index contributed by atoms with van der Waals surface area (Å²) in [4.78, 5) is 13.4. The first-order valence-electron chi connectivity index (χ1n) is 7.50. The average molecular weight is 295 g/mol. The van der Waals surface area contributed by atoms with Crippen LogP contribution in [0.2, 0.25) is 0 Å². The fraction of sp³-hybridized carbons (Fsp3) is 0.312. The van der Waals surface area contributed by atoms with Gasteiger partial charge in [0.1, 0.15) is 12.1 Å². The Balaban J connectivity index is 1.63. The van der Waals surface area contributed by atoms with Crippen LogP contribution in [0.15, 0.2) is 42.9 Å². The standard InChI is InChI=1S/C16H17N5O/c1-2-4-14-13(3-1)18-11-21(14)15-5-8-17-16(20-15)19-12-6-9-22-10-7-12/h1-5,8,11-12H,6-7,9-10H2,(H,17,19,20). The highest BCUT2D eigenvalue weighted by molar-refractivity contribution is 5.76. The van der Waals surface area contributed by atoms with Crippen LogP contribution in [0.1, 0.15) is 12.8 Å². The number of nitrogens with one attached hydrogen (secondary N) is 1. The largest absolute Gasteiger partial charge is 0.381 e. The number of anilines is 1. The molecule has 0 spiro atoms. The summed E-state index contributed by atoms with van der Waals surface area (Å²) in [7, 11) is 0. The van der Waals surface area contributed by atoms with Crippen molar-refractivity contribution in [3.8, 4) is 5.82 Å². The number of hydrogen-bond acceptors (Lipinski definition) is 5. The van der Waals surface area contributed by atoms with Gasteiger partial charge in [-0.25, -0.2) is 9.97 Å². The number of hydrogen-bond donors (Lipinski definition) is 1. The van der Waals surface area contributed by atoms with Crippen molar-refractivity contribution in [1.29, 1.82) is 0 Å². The molecule has 0 bridgehead atoms. The van der Waals surface area contributed by atoms with Gasteiger partial charge >= 0.3 is 0 Å². The van der Waals surface area contributed by atoms with Gasteiger partial charge in [0.05, 0.1) is 11.0 Å². The predicted molar refractivity (Wildman–Crippen MR) is 84.1 cm³/mol. The quantitative estimate of drug-likeness (QED) is 0.804. The summed E-state index contributed by atoms with van der Waals surface area (Å²) in [6, 6.07) is 10.3. The van der Waals surface area contributed by atoms with Crippen LogP contribution in [-0.4, -0.2) is 38.8 Å². The summed E-state index contributed by atoms with van der Waals surface area (Å²) in [5.41, 5.74) is 2.00. The van der Waals surface area contributed by atoms with Crippen LogP contribution in [0.5, 0.6) is 0 Å². The first-order chi connectivity index (χ1) is 10.9. The smallest absolute Gasteiger partial charge is 0.224 e. The highest BCUT2D eigenvalue weighted by Gasteiger charge is 2.15. The van der Waals surface area contributed by atoms with Crippen molar-refractivity contribution in [2.75, 3.05) is 18.5 Å². The Morgan fingerprint density at radius 3 is 2.86 bits per heavy atom. The molecule has 0 saturated carbocycles. The van der Waals surface area contributed by atoms with Crippen molar-refractivity contribution in [3.63, 3.8) is 0 Å². The van der Waals surface area contributed by atoms with E-state index in [9.17, 15) is 0 Å². The second kappa shape index (κ2) is 5.73. The molecule has 1 aromatic carbocycles. The number of ether oxygens (including phenoxy) is 1. The minimum Gasteiger partial charge on any atom is -0.381 e. The molecule has 0 atom stereocenters. The summed E-state index contributed by atoms with van der Waals surface area (Å²) < 4.78 is 7.35. The maximum Gasteiger partial charge on any atom is 0.224 e. The number of nitrogens with zero attached hydrogens (tertiary/aromatic N) is 4. The molecule has 3 heterocycles. The Morgan fingerprint density at radius 1 is 1.09 bits per heavy atom. The van der Waals surface area contributed by atoms with E-state index in [-0.39, 0.29) is 0 Å². The fourth-order valence-electron chi connectivity index (χ4n) is 2.72. The molecule has 22 heavy (non-hydrogen) atoms. The normalized spacial score (nSPS) is 16.0. The third-order valence-electron chi connectivity index (χ3n) is 3.90. The van der Waals surface area contributed by atoms with Gasteiger partial charge in [-0.3, -0.25) is 4.57 Å². The van der Waals surface area contributed by atoms with Crippen LogP contribution < -0.4 is 5.32 Å². The second-order valence-corrected chi connectivity index (χ2v) is 5.37. The molecular weight excluding hydrogens is 278 g/mol. The number of rotatable bonds is 3. The monoisotopic (exact) mass is 295 g/mol. The summed E-state index contributed by atoms with van der Waals surface area (Å²) >= 11 is 0. The molecule has 1 aliphatic heterocycles. The lowest BCUT2D eigenvalue weighted by molar-refractivity contribution is 0.0903. The Labute approximate surface area is 128 Å². The van der Waals surface area contributed by atoms with Crippen LogP contribution >= 0.6 is 0 Å². The highest BCUT2D eigenvalue weighted by Crippen LogP contribution is 2.18. The summed E-state index contributed by atoms with van der Waals surface area (Å²) in [5, 5.41) is 3.40. The fourth-order valence-corrected chi connectivity index (χ4v) is 2.72. The number of fused-ring (bicyclic) bond motifs is 1. The van der Waals surface area contributed by atoms with Crippen LogP contribution in [0.25, 0.3) is 16.9 Å². The Hall–Kier alpha value is -2.47. The second-order valence-electron chi connectivity index (χ2n) is 5.37. The van der Waals surface area contributed by atoms with Gasteiger partial charge in [0.15, 0.2) is 0 Å². The maximum absolute atomic E-state index is 5.38. The average Bonchev–Trinajstić information content (AvgIpc) is 3.00. The van der Waals surface area contributed by atoms with Crippen molar-refractivity contribution in [2.24, 2.45) is 0 Å². The van der Waals surface area contributed by atoms with Crippen molar-refractivity contribution in [3.05, 3.63) is 42.9 Å². The molecule has 112 valence electrons. The number of aromatic nitrogens is 4. The number of benzene rings is 1. The zero-order valence-corrected chi connectivity index (χ0v) is 12.1. The molecule has 0 unspecified atom stereocenters. The van der Waals surface area contributed by atoms with Gasteiger partial charge < -0.3 is 10.1 Å². The van der Waals surface area contributed by atoms with E-state index in [0.717, 1.165) is 42.9 Å². The molecule has 1 fully saturated rings. The summed E-state index contributed by atoms with van der Waals surface area (Å²) in [6.45, 7) is 1.59. The van der Waals surface area contributed by atoms with E-state index in [0.29, 0.717) is 12.0 Å². The van der Waals surface area contributed by atoms with E-state index in [1.165, 1.54) is 0 Å². The van der Waals surface area contributed by atoms with Crippen molar-refractivity contribution in [1.82, 2.24) is 19.5 Å². The molecular formula is C16H17N5O. The Kier molecular flexibility index (Phi) is 3.44. The Morgan fingerprint density at radius 2 is 1.95 bits per heavy atom. The molecule has 1 aliphatic rings. The van der Waals surface area contributed by atoms with Gasteiger partial charge in [-0.15, -0.1) is 0 Å². The van der Waals surface area contributed by atoms with E-state index < -0.39 is 0 Å². The first-order valence-corrected chi connectivity index (χ1v) is 7.50. The van der Waals surface area contributed by atoms with E-state index in [1.807, 2.05) is 34.9 Å². The van der Waals surface area contributed by atoms with Crippen LogP contribution in [0, 0.1) is 0 Å².